The Labute approximate surface area is 225 Å². The van der Waals surface area contributed by atoms with Gasteiger partial charge in [0.2, 0.25) is 0 Å². The highest BCUT2D eigenvalue weighted by atomic mass is 32.1. The van der Waals surface area contributed by atoms with Gasteiger partial charge in [0, 0.05) is 43.0 Å². The summed E-state index contributed by atoms with van der Waals surface area (Å²) in [5.41, 5.74) is 2.34. The summed E-state index contributed by atoms with van der Waals surface area (Å²) in [4.78, 5) is 17.2. The van der Waals surface area contributed by atoms with Crippen molar-refractivity contribution in [3.63, 3.8) is 0 Å². The van der Waals surface area contributed by atoms with Gasteiger partial charge in [-0.05, 0) is 83.9 Å². The Balaban J connectivity index is 1.22. The fraction of sp³-hybridized carbons (Fsp3) is 0.0667. The van der Waals surface area contributed by atoms with Crippen LogP contribution in [0.5, 0.6) is 0 Å². The van der Waals surface area contributed by atoms with E-state index in [0.717, 1.165) is 10.0 Å². The minimum absolute atomic E-state index is 1.06. The lowest BCUT2D eigenvalue weighted by Crippen LogP contribution is -1.81. The normalized spacial score (nSPS) is 11.6. The zero-order valence-electron chi connectivity index (χ0n) is 19.6. The molecule has 6 heteroatoms. The molecule has 174 valence electrons. The molecule has 0 atom stereocenters. The van der Waals surface area contributed by atoms with Gasteiger partial charge in [-0.25, -0.2) is 9.97 Å². The molecule has 7 aromatic rings. The highest BCUT2D eigenvalue weighted by Gasteiger charge is 2.11. The number of hydrogen-bond acceptors (Lipinski definition) is 6. The maximum Gasteiger partial charge on any atom is 0.123 e. The zero-order valence-corrected chi connectivity index (χ0v) is 22.9. The van der Waals surface area contributed by atoms with E-state index in [0.29, 0.717) is 0 Å². The number of thiophene rings is 2. The molecule has 4 heterocycles. The number of thiazole rings is 2. The Morgan fingerprint density at radius 2 is 0.917 bits per heavy atom. The molecule has 0 N–H and O–H groups in total. The lowest BCUT2D eigenvalue weighted by Gasteiger charge is -2.06. The van der Waals surface area contributed by atoms with E-state index >= 15 is 0 Å². The van der Waals surface area contributed by atoms with Crippen LogP contribution in [0.2, 0.25) is 0 Å². The first kappa shape index (κ1) is 22.1. The van der Waals surface area contributed by atoms with E-state index < -0.39 is 0 Å². The third kappa shape index (κ3) is 4.00. The van der Waals surface area contributed by atoms with Gasteiger partial charge in [0.15, 0.2) is 0 Å². The third-order valence-corrected chi connectivity index (χ3v) is 10.8. The van der Waals surface area contributed by atoms with Crippen molar-refractivity contribution in [2.24, 2.45) is 0 Å². The largest absolute Gasteiger partial charge is 0.244 e. The maximum absolute atomic E-state index is 4.73. The Kier molecular flexibility index (Phi) is 5.36. The van der Waals surface area contributed by atoms with Gasteiger partial charge in [0.05, 0.1) is 9.75 Å². The van der Waals surface area contributed by atoms with E-state index in [-0.39, 0.29) is 0 Å². The molecule has 0 unspecified atom stereocenters. The van der Waals surface area contributed by atoms with Gasteiger partial charge in [-0.1, -0.05) is 24.3 Å². The molecule has 7 rings (SSSR count). The molecule has 0 spiro atoms. The number of aromatic nitrogens is 2. The Morgan fingerprint density at radius 1 is 0.444 bits per heavy atom. The molecule has 0 fully saturated rings. The van der Waals surface area contributed by atoms with Gasteiger partial charge in [0.25, 0.3) is 0 Å². The molecule has 3 aromatic carbocycles. The second-order valence-corrected chi connectivity index (χ2v) is 13.5. The number of aryl methyl sites for hydroxylation is 2. The molecule has 0 saturated heterocycles. The van der Waals surface area contributed by atoms with Crippen molar-refractivity contribution in [1.29, 1.82) is 0 Å². The van der Waals surface area contributed by atoms with Crippen molar-refractivity contribution in [3.8, 4) is 40.7 Å². The lowest BCUT2D eigenvalue weighted by molar-refractivity contribution is 1.42. The molecule has 0 saturated carbocycles. The highest BCUT2D eigenvalue weighted by molar-refractivity contribution is 7.24. The van der Waals surface area contributed by atoms with Crippen LogP contribution in [0.4, 0.5) is 0 Å². The first-order valence-corrected chi connectivity index (χ1v) is 14.9. The summed E-state index contributed by atoms with van der Waals surface area (Å²) < 4.78 is 0. The van der Waals surface area contributed by atoms with Crippen molar-refractivity contribution >= 4 is 66.9 Å². The predicted octanol–water partition coefficient (Wildman–Crippen LogP) is 10.3. The van der Waals surface area contributed by atoms with Crippen LogP contribution in [0.3, 0.4) is 0 Å². The average molecular weight is 537 g/mol. The molecular formula is C30H20N2S4. The first-order chi connectivity index (χ1) is 17.6. The number of rotatable bonds is 4. The van der Waals surface area contributed by atoms with Gasteiger partial charge < -0.3 is 0 Å². The standard InChI is InChI=1S/C30H20N2S4/c1-17-3-9-25(33-17)27-15-31-29(35-27)21-7-5-19-12-24-14-22(8-6-20(24)11-23(19)13-21)30-32-16-28(36-30)26-10-4-18(2)34-26/h3-16H,1-2H3. The molecule has 0 radical (unpaired) electrons. The summed E-state index contributed by atoms with van der Waals surface area (Å²) in [5, 5.41) is 7.08. The summed E-state index contributed by atoms with van der Waals surface area (Å²) in [6.07, 6.45) is 4.00. The monoisotopic (exact) mass is 536 g/mol. The summed E-state index contributed by atoms with van der Waals surface area (Å²) in [6.45, 7) is 4.29. The third-order valence-electron chi connectivity index (χ3n) is 6.27. The second kappa shape index (κ2) is 8.75. The number of nitrogens with zero attached hydrogens (tertiary/aromatic N) is 2. The number of benzene rings is 3. The summed E-state index contributed by atoms with van der Waals surface area (Å²) in [6, 6.07) is 26.6. The van der Waals surface area contributed by atoms with Gasteiger partial charge in [0.1, 0.15) is 10.0 Å². The smallest absolute Gasteiger partial charge is 0.123 e. The van der Waals surface area contributed by atoms with Gasteiger partial charge >= 0.3 is 0 Å². The fourth-order valence-corrected chi connectivity index (χ4v) is 8.15. The highest BCUT2D eigenvalue weighted by Crippen LogP contribution is 2.39. The molecule has 0 amide bonds. The van der Waals surface area contributed by atoms with E-state index in [9.17, 15) is 0 Å². The molecule has 36 heavy (non-hydrogen) atoms. The van der Waals surface area contributed by atoms with Gasteiger partial charge in [-0.2, -0.15) is 0 Å². The lowest BCUT2D eigenvalue weighted by atomic mass is 10.0. The maximum atomic E-state index is 4.73. The summed E-state index contributed by atoms with van der Waals surface area (Å²) >= 11 is 7.16. The van der Waals surface area contributed by atoms with Crippen molar-refractivity contribution < 1.29 is 0 Å². The van der Waals surface area contributed by atoms with Crippen LogP contribution >= 0.6 is 45.3 Å². The van der Waals surface area contributed by atoms with Gasteiger partial charge in [-0.15, -0.1) is 45.3 Å². The van der Waals surface area contributed by atoms with Gasteiger partial charge in [-0.3, -0.25) is 0 Å². The van der Waals surface area contributed by atoms with Crippen LogP contribution in [0, 0.1) is 13.8 Å². The van der Waals surface area contributed by atoms with Crippen LogP contribution in [-0.2, 0) is 0 Å². The zero-order chi connectivity index (χ0) is 24.2. The van der Waals surface area contributed by atoms with E-state index in [4.69, 9.17) is 9.97 Å². The van der Waals surface area contributed by atoms with E-state index in [1.54, 1.807) is 22.7 Å². The molecule has 0 aliphatic rings. The predicted molar refractivity (Wildman–Crippen MR) is 160 cm³/mol. The summed E-state index contributed by atoms with van der Waals surface area (Å²) in [5.74, 6) is 0. The fourth-order valence-electron chi connectivity index (χ4n) is 4.44. The van der Waals surface area contributed by atoms with Crippen LogP contribution in [0.15, 0.2) is 85.2 Å². The van der Waals surface area contributed by atoms with Crippen LogP contribution in [0.25, 0.3) is 62.2 Å². The summed E-state index contributed by atoms with van der Waals surface area (Å²) in [7, 11) is 0. The molecule has 0 bridgehead atoms. The quantitative estimate of drug-likeness (QED) is 0.209. The molecule has 0 aliphatic heterocycles. The molecule has 2 nitrogen and oxygen atoms in total. The Bertz CT molecular complexity index is 1740. The Hall–Kier alpha value is -3.16. The second-order valence-electron chi connectivity index (χ2n) is 8.86. The van der Waals surface area contributed by atoms with Crippen molar-refractivity contribution in [2.45, 2.75) is 13.8 Å². The minimum atomic E-state index is 1.06. The Morgan fingerprint density at radius 3 is 1.33 bits per heavy atom. The van der Waals surface area contributed by atoms with Crippen molar-refractivity contribution in [2.75, 3.05) is 0 Å². The number of hydrogen-bond donors (Lipinski definition) is 0. The van der Waals surface area contributed by atoms with Crippen LogP contribution in [0.1, 0.15) is 9.75 Å². The van der Waals surface area contributed by atoms with E-state index in [2.05, 4.69) is 86.6 Å². The van der Waals surface area contributed by atoms with Crippen LogP contribution < -0.4 is 0 Å². The van der Waals surface area contributed by atoms with Crippen molar-refractivity contribution in [1.82, 2.24) is 9.97 Å². The topological polar surface area (TPSA) is 25.8 Å². The first-order valence-electron chi connectivity index (χ1n) is 11.6. The average Bonchev–Trinajstić information content (AvgIpc) is 3.69. The molecule has 4 aromatic heterocycles. The number of fused-ring (bicyclic) bond motifs is 2. The van der Waals surface area contributed by atoms with Crippen LogP contribution in [-0.4, -0.2) is 9.97 Å². The molecular weight excluding hydrogens is 517 g/mol. The van der Waals surface area contributed by atoms with E-state index in [1.165, 1.54) is 61.9 Å². The van der Waals surface area contributed by atoms with E-state index in [1.807, 2.05) is 35.1 Å². The molecule has 0 aliphatic carbocycles. The minimum Gasteiger partial charge on any atom is -0.244 e. The SMILES string of the molecule is Cc1ccc(-c2cnc(-c3ccc4cc5cc(-c6ncc(-c7ccc(C)s7)s6)ccc5cc4c3)s2)s1. The van der Waals surface area contributed by atoms with Crippen molar-refractivity contribution in [3.05, 3.63) is 94.9 Å².